The highest BCUT2D eigenvalue weighted by Gasteiger charge is 1.96. The summed E-state index contributed by atoms with van der Waals surface area (Å²) in [6.45, 7) is 3.66. The molecule has 1 nitrogen and oxygen atoms in total. The zero-order valence-electron chi connectivity index (χ0n) is 7.95. The molecule has 0 aliphatic rings. The largest absolute Gasteiger partial charge is 0.324 e. The van der Waals surface area contributed by atoms with Gasteiger partial charge in [0.2, 0.25) is 0 Å². The summed E-state index contributed by atoms with van der Waals surface area (Å²) >= 11 is 0. The van der Waals surface area contributed by atoms with Gasteiger partial charge in [-0.15, -0.1) is 6.58 Å². The van der Waals surface area contributed by atoms with E-state index in [2.05, 4.69) is 30.8 Å². The zero-order valence-corrected chi connectivity index (χ0v) is 7.95. The van der Waals surface area contributed by atoms with Gasteiger partial charge in [-0.05, 0) is 24.8 Å². The van der Waals surface area contributed by atoms with Crippen molar-refractivity contribution in [1.82, 2.24) is 0 Å². The van der Waals surface area contributed by atoms with Gasteiger partial charge in [0, 0.05) is 6.04 Å². The van der Waals surface area contributed by atoms with E-state index in [0.717, 1.165) is 19.3 Å². The van der Waals surface area contributed by atoms with E-state index in [1.807, 2.05) is 12.1 Å². The number of rotatable bonds is 5. The minimum Gasteiger partial charge on any atom is -0.324 e. The molecule has 1 unspecified atom stereocenters. The van der Waals surface area contributed by atoms with E-state index in [-0.39, 0.29) is 6.04 Å². The molecule has 1 atom stereocenters. The lowest BCUT2D eigenvalue weighted by Crippen LogP contribution is -2.15. The fraction of sp³-hybridized carbons (Fsp3) is 0.333. The van der Waals surface area contributed by atoms with Crippen LogP contribution in [0.5, 0.6) is 0 Å². The number of hydrogen-bond donors (Lipinski definition) is 1. The maximum Gasteiger partial charge on any atom is 0.0221 e. The van der Waals surface area contributed by atoms with Gasteiger partial charge >= 0.3 is 0 Å². The first-order valence-corrected chi connectivity index (χ1v) is 4.75. The molecule has 2 N–H and O–H groups in total. The first-order chi connectivity index (χ1) is 6.33. The number of benzene rings is 1. The van der Waals surface area contributed by atoms with Gasteiger partial charge in [0.05, 0.1) is 0 Å². The molecule has 0 spiro atoms. The summed E-state index contributed by atoms with van der Waals surface area (Å²) in [6, 6.07) is 10.6. The topological polar surface area (TPSA) is 26.0 Å². The first-order valence-electron chi connectivity index (χ1n) is 4.75. The van der Waals surface area contributed by atoms with E-state index in [0.29, 0.717) is 0 Å². The maximum absolute atomic E-state index is 5.72. The van der Waals surface area contributed by atoms with Crippen LogP contribution in [0.15, 0.2) is 43.0 Å². The Hall–Kier alpha value is -1.08. The summed E-state index contributed by atoms with van der Waals surface area (Å²) in [5.74, 6) is 0. The van der Waals surface area contributed by atoms with Crippen LogP contribution in [0.4, 0.5) is 0 Å². The second-order valence-electron chi connectivity index (χ2n) is 3.28. The van der Waals surface area contributed by atoms with Crippen LogP contribution < -0.4 is 5.73 Å². The zero-order chi connectivity index (χ0) is 9.52. The summed E-state index contributed by atoms with van der Waals surface area (Å²) in [7, 11) is 0. The predicted molar refractivity (Wildman–Crippen MR) is 57.6 cm³/mol. The van der Waals surface area contributed by atoms with Crippen LogP contribution in [-0.4, -0.2) is 6.04 Å². The normalized spacial score (nSPS) is 12.4. The van der Waals surface area contributed by atoms with Gasteiger partial charge in [0.1, 0.15) is 0 Å². The van der Waals surface area contributed by atoms with Gasteiger partial charge in [-0.1, -0.05) is 36.4 Å². The molecular weight excluding hydrogens is 158 g/mol. The van der Waals surface area contributed by atoms with Crippen molar-refractivity contribution in [3.63, 3.8) is 0 Å². The van der Waals surface area contributed by atoms with Crippen LogP contribution in [0, 0.1) is 0 Å². The summed E-state index contributed by atoms with van der Waals surface area (Å²) in [4.78, 5) is 0. The van der Waals surface area contributed by atoms with Crippen molar-refractivity contribution in [3.8, 4) is 0 Å². The smallest absolute Gasteiger partial charge is 0.0221 e. The Balaban J connectivity index is 2.24. The lowest BCUT2D eigenvalue weighted by Gasteiger charge is -2.05. The average Bonchev–Trinajstić information content (AvgIpc) is 2.19. The molecule has 0 fully saturated rings. The predicted octanol–water partition coefficient (Wildman–Crippen LogP) is 2.52. The van der Waals surface area contributed by atoms with Gasteiger partial charge in [-0.3, -0.25) is 0 Å². The fourth-order valence-electron chi connectivity index (χ4n) is 1.30. The molecule has 1 aromatic carbocycles. The molecule has 0 amide bonds. The maximum atomic E-state index is 5.72. The quantitative estimate of drug-likeness (QED) is 0.684. The van der Waals surface area contributed by atoms with Gasteiger partial charge in [0.25, 0.3) is 0 Å². The summed E-state index contributed by atoms with van der Waals surface area (Å²) < 4.78 is 0. The molecule has 1 rings (SSSR count). The highest BCUT2D eigenvalue weighted by Crippen LogP contribution is 2.05. The second kappa shape index (κ2) is 5.55. The molecule has 0 saturated heterocycles. The molecular formula is C12H17N. The molecule has 0 bridgehead atoms. The number of hydrogen-bond acceptors (Lipinski definition) is 1. The molecule has 0 heterocycles. The third-order valence-electron chi connectivity index (χ3n) is 2.15. The molecule has 0 aliphatic heterocycles. The van der Waals surface area contributed by atoms with Crippen LogP contribution >= 0.6 is 0 Å². The van der Waals surface area contributed by atoms with E-state index in [1.54, 1.807) is 0 Å². The van der Waals surface area contributed by atoms with Crippen LogP contribution in [0.3, 0.4) is 0 Å². The fourth-order valence-corrected chi connectivity index (χ4v) is 1.30. The van der Waals surface area contributed by atoms with Crippen molar-refractivity contribution < 1.29 is 0 Å². The van der Waals surface area contributed by atoms with E-state index in [9.17, 15) is 0 Å². The van der Waals surface area contributed by atoms with Crippen molar-refractivity contribution >= 4 is 0 Å². The van der Waals surface area contributed by atoms with E-state index in [4.69, 9.17) is 5.73 Å². The SMILES string of the molecule is C=CC(N)CCCc1ccccc1. The Morgan fingerprint density at radius 2 is 2.00 bits per heavy atom. The van der Waals surface area contributed by atoms with Crippen molar-refractivity contribution in [2.75, 3.05) is 0 Å². The average molecular weight is 175 g/mol. The summed E-state index contributed by atoms with van der Waals surface area (Å²) in [5, 5.41) is 0. The van der Waals surface area contributed by atoms with Gasteiger partial charge in [-0.2, -0.15) is 0 Å². The van der Waals surface area contributed by atoms with Crippen LogP contribution in [-0.2, 0) is 6.42 Å². The Kier molecular flexibility index (Phi) is 4.27. The Morgan fingerprint density at radius 1 is 1.31 bits per heavy atom. The van der Waals surface area contributed by atoms with Gasteiger partial charge < -0.3 is 5.73 Å². The van der Waals surface area contributed by atoms with Crippen molar-refractivity contribution in [3.05, 3.63) is 48.6 Å². The third kappa shape index (κ3) is 3.90. The number of nitrogens with two attached hydrogens (primary N) is 1. The molecule has 0 aliphatic carbocycles. The van der Waals surface area contributed by atoms with E-state index < -0.39 is 0 Å². The highest BCUT2D eigenvalue weighted by molar-refractivity contribution is 5.14. The van der Waals surface area contributed by atoms with Crippen LogP contribution in [0.25, 0.3) is 0 Å². The van der Waals surface area contributed by atoms with Crippen molar-refractivity contribution in [2.24, 2.45) is 5.73 Å². The van der Waals surface area contributed by atoms with E-state index in [1.165, 1.54) is 5.56 Å². The van der Waals surface area contributed by atoms with Gasteiger partial charge in [0.15, 0.2) is 0 Å². The molecule has 1 aromatic rings. The van der Waals surface area contributed by atoms with Crippen molar-refractivity contribution in [1.29, 1.82) is 0 Å². The second-order valence-corrected chi connectivity index (χ2v) is 3.28. The van der Waals surface area contributed by atoms with E-state index >= 15 is 0 Å². The van der Waals surface area contributed by atoms with Gasteiger partial charge in [-0.25, -0.2) is 0 Å². The monoisotopic (exact) mass is 175 g/mol. The summed E-state index contributed by atoms with van der Waals surface area (Å²) in [6.07, 6.45) is 5.09. The lowest BCUT2D eigenvalue weighted by molar-refractivity contribution is 0.667. The molecule has 0 radical (unpaired) electrons. The molecule has 0 aromatic heterocycles. The van der Waals surface area contributed by atoms with Crippen LogP contribution in [0.2, 0.25) is 0 Å². The Morgan fingerprint density at radius 3 is 2.62 bits per heavy atom. The Labute approximate surface area is 80.3 Å². The minimum atomic E-state index is 0.156. The molecule has 70 valence electrons. The van der Waals surface area contributed by atoms with Crippen LogP contribution in [0.1, 0.15) is 18.4 Å². The molecule has 1 heteroatoms. The number of aryl methyl sites for hydroxylation is 1. The Bertz CT molecular complexity index is 241. The minimum absolute atomic E-state index is 0.156. The molecule has 0 saturated carbocycles. The third-order valence-corrected chi connectivity index (χ3v) is 2.15. The standard InChI is InChI=1S/C12H17N/c1-2-12(13)10-6-9-11-7-4-3-5-8-11/h2-5,7-8,12H,1,6,9-10,13H2. The summed E-state index contributed by atoms with van der Waals surface area (Å²) in [5.41, 5.74) is 7.11. The van der Waals surface area contributed by atoms with Crippen molar-refractivity contribution in [2.45, 2.75) is 25.3 Å². The first kappa shape index (κ1) is 10.0. The molecule has 13 heavy (non-hydrogen) atoms. The lowest BCUT2D eigenvalue weighted by atomic mass is 10.1. The highest BCUT2D eigenvalue weighted by atomic mass is 14.6.